The molecule has 3 nitrogen and oxygen atoms in total. The molecule has 0 aliphatic heterocycles. The van der Waals surface area contributed by atoms with Crippen molar-refractivity contribution in [3.8, 4) is 5.75 Å². The molecule has 1 aromatic heterocycles. The van der Waals surface area contributed by atoms with Crippen LogP contribution in [-0.2, 0) is 6.42 Å². The number of methoxy groups -OCH3 is 1. The summed E-state index contributed by atoms with van der Waals surface area (Å²) in [5.74, 6) is 0.748. The minimum absolute atomic E-state index is 0.401. The Morgan fingerprint density at radius 1 is 1.37 bits per heavy atom. The second-order valence-corrected chi connectivity index (χ2v) is 5.46. The number of hydrogen-bond donors (Lipinski definition) is 1. The number of nitrogens with zero attached hydrogens (tertiary/aromatic N) is 1. The first-order valence-corrected chi connectivity index (χ1v) is 6.91. The summed E-state index contributed by atoms with van der Waals surface area (Å²) in [6, 6.07) is 3.60. The molecule has 3 rings (SSSR count). The van der Waals surface area contributed by atoms with Crippen molar-refractivity contribution >= 4 is 34.1 Å². The van der Waals surface area contributed by atoms with E-state index < -0.39 is 6.10 Å². The van der Waals surface area contributed by atoms with E-state index >= 15 is 0 Å². The molecular weight excluding hydrogens is 285 g/mol. The van der Waals surface area contributed by atoms with Crippen molar-refractivity contribution in [1.82, 2.24) is 4.98 Å². The summed E-state index contributed by atoms with van der Waals surface area (Å²) in [6.45, 7) is 0. The minimum atomic E-state index is -0.558. The summed E-state index contributed by atoms with van der Waals surface area (Å²) in [6.07, 6.45) is 1.95. The van der Waals surface area contributed by atoms with Crippen LogP contribution in [0.15, 0.2) is 12.1 Å². The Kier molecular flexibility index (Phi) is 3.29. The SMILES string of the molecule is COc1c2c(nc3c(Cl)c(Cl)ccc13)C(O)CCC2. The van der Waals surface area contributed by atoms with E-state index in [0.29, 0.717) is 27.7 Å². The van der Waals surface area contributed by atoms with Gasteiger partial charge in [-0.05, 0) is 31.4 Å². The third-order valence-electron chi connectivity index (χ3n) is 3.55. The van der Waals surface area contributed by atoms with Crippen LogP contribution in [0.2, 0.25) is 10.0 Å². The smallest absolute Gasteiger partial charge is 0.133 e. The van der Waals surface area contributed by atoms with Gasteiger partial charge < -0.3 is 9.84 Å². The summed E-state index contributed by atoms with van der Waals surface area (Å²) >= 11 is 12.2. The van der Waals surface area contributed by atoms with Gasteiger partial charge >= 0.3 is 0 Å². The number of ether oxygens (including phenoxy) is 1. The van der Waals surface area contributed by atoms with Crippen molar-refractivity contribution < 1.29 is 9.84 Å². The van der Waals surface area contributed by atoms with E-state index in [4.69, 9.17) is 27.9 Å². The Morgan fingerprint density at radius 2 is 2.16 bits per heavy atom. The van der Waals surface area contributed by atoms with Gasteiger partial charge in [0, 0.05) is 10.9 Å². The highest BCUT2D eigenvalue weighted by Gasteiger charge is 2.25. The van der Waals surface area contributed by atoms with Gasteiger partial charge in [-0.15, -0.1) is 0 Å². The summed E-state index contributed by atoms with van der Waals surface area (Å²) < 4.78 is 5.52. The molecule has 1 heterocycles. The highest BCUT2D eigenvalue weighted by molar-refractivity contribution is 6.45. The first-order chi connectivity index (χ1) is 9.13. The molecule has 1 aliphatic rings. The molecule has 0 fully saturated rings. The number of halogens is 2. The van der Waals surface area contributed by atoms with Crippen LogP contribution < -0.4 is 4.74 Å². The summed E-state index contributed by atoms with van der Waals surface area (Å²) in [5, 5.41) is 11.8. The fraction of sp³-hybridized carbons (Fsp3) is 0.357. The lowest BCUT2D eigenvalue weighted by molar-refractivity contribution is 0.151. The van der Waals surface area contributed by atoms with E-state index in [2.05, 4.69) is 4.98 Å². The van der Waals surface area contributed by atoms with Gasteiger partial charge in [-0.2, -0.15) is 0 Å². The van der Waals surface area contributed by atoms with Crippen LogP contribution in [0.25, 0.3) is 10.9 Å². The number of benzene rings is 1. The predicted octanol–water partition coefficient (Wildman–Crippen LogP) is 3.92. The van der Waals surface area contributed by atoms with E-state index in [9.17, 15) is 5.11 Å². The quantitative estimate of drug-likeness (QED) is 0.867. The maximum absolute atomic E-state index is 10.1. The van der Waals surface area contributed by atoms with Crippen LogP contribution in [0, 0.1) is 0 Å². The molecule has 0 bridgehead atoms. The van der Waals surface area contributed by atoms with E-state index in [1.807, 2.05) is 6.07 Å². The molecule has 0 amide bonds. The summed E-state index contributed by atoms with van der Waals surface area (Å²) in [7, 11) is 1.62. The number of aromatic nitrogens is 1. The molecule has 19 heavy (non-hydrogen) atoms. The van der Waals surface area contributed by atoms with E-state index in [-0.39, 0.29) is 0 Å². The third-order valence-corrected chi connectivity index (χ3v) is 4.35. The van der Waals surface area contributed by atoms with E-state index in [1.165, 1.54) is 0 Å². The van der Waals surface area contributed by atoms with E-state index in [0.717, 1.165) is 29.5 Å². The molecule has 0 saturated heterocycles. The molecule has 5 heteroatoms. The lowest BCUT2D eigenvalue weighted by Crippen LogP contribution is -2.13. The van der Waals surface area contributed by atoms with Gasteiger partial charge in [0.15, 0.2) is 0 Å². The number of fused-ring (bicyclic) bond motifs is 2. The molecule has 0 saturated carbocycles. The molecule has 1 N–H and O–H groups in total. The zero-order valence-electron chi connectivity index (χ0n) is 10.4. The number of pyridine rings is 1. The van der Waals surface area contributed by atoms with Gasteiger partial charge in [0.25, 0.3) is 0 Å². The van der Waals surface area contributed by atoms with Crippen LogP contribution in [0.5, 0.6) is 5.75 Å². The number of aliphatic hydroxyl groups is 1. The average molecular weight is 298 g/mol. The molecule has 1 aromatic carbocycles. The zero-order valence-corrected chi connectivity index (χ0v) is 11.9. The topological polar surface area (TPSA) is 42.4 Å². The second kappa shape index (κ2) is 4.82. The Hall–Kier alpha value is -1.03. The van der Waals surface area contributed by atoms with Crippen molar-refractivity contribution in [2.45, 2.75) is 25.4 Å². The highest BCUT2D eigenvalue weighted by Crippen LogP contribution is 2.41. The minimum Gasteiger partial charge on any atom is -0.496 e. The molecule has 1 aliphatic carbocycles. The standard InChI is InChI=1S/C14H13Cl2NO2/c1-19-14-7-3-2-4-10(18)12(7)17-13-8(14)5-6-9(15)11(13)16/h5-6,10,18H,2-4H2,1H3. The monoisotopic (exact) mass is 297 g/mol. The molecule has 1 atom stereocenters. The number of hydrogen-bond acceptors (Lipinski definition) is 3. The number of aliphatic hydroxyl groups excluding tert-OH is 1. The lowest BCUT2D eigenvalue weighted by atomic mass is 9.91. The first kappa shape index (κ1) is 13.0. The van der Waals surface area contributed by atoms with Crippen molar-refractivity contribution in [1.29, 1.82) is 0 Å². The Labute approximate surface area is 121 Å². The largest absolute Gasteiger partial charge is 0.496 e. The van der Waals surface area contributed by atoms with Gasteiger partial charge in [-0.1, -0.05) is 23.2 Å². The van der Waals surface area contributed by atoms with Gasteiger partial charge in [0.05, 0.1) is 34.5 Å². The Morgan fingerprint density at radius 3 is 2.89 bits per heavy atom. The Bertz CT molecular complexity index is 658. The van der Waals surface area contributed by atoms with Crippen LogP contribution in [0.3, 0.4) is 0 Å². The lowest BCUT2D eigenvalue weighted by Gasteiger charge is -2.23. The van der Waals surface area contributed by atoms with Crippen molar-refractivity contribution in [3.63, 3.8) is 0 Å². The Balaban J connectivity index is 2.41. The maximum Gasteiger partial charge on any atom is 0.133 e. The second-order valence-electron chi connectivity index (χ2n) is 4.67. The van der Waals surface area contributed by atoms with Crippen LogP contribution >= 0.6 is 23.2 Å². The average Bonchev–Trinajstić information content (AvgIpc) is 2.42. The predicted molar refractivity (Wildman–Crippen MR) is 76.2 cm³/mol. The van der Waals surface area contributed by atoms with Gasteiger partial charge in [-0.25, -0.2) is 4.98 Å². The fourth-order valence-electron chi connectivity index (χ4n) is 2.66. The highest BCUT2D eigenvalue weighted by atomic mass is 35.5. The molecule has 100 valence electrons. The van der Waals surface area contributed by atoms with Crippen molar-refractivity contribution in [2.24, 2.45) is 0 Å². The van der Waals surface area contributed by atoms with Crippen LogP contribution in [0.1, 0.15) is 30.2 Å². The van der Waals surface area contributed by atoms with Gasteiger partial charge in [0.2, 0.25) is 0 Å². The maximum atomic E-state index is 10.1. The number of rotatable bonds is 1. The van der Waals surface area contributed by atoms with Gasteiger partial charge in [0.1, 0.15) is 5.75 Å². The van der Waals surface area contributed by atoms with Gasteiger partial charge in [-0.3, -0.25) is 0 Å². The van der Waals surface area contributed by atoms with Crippen LogP contribution in [-0.4, -0.2) is 17.2 Å². The summed E-state index contributed by atoms with van der Waals surface area (Å²) in [4.78, 5) is 4.52. The molecule has 2 aromatic rings. The normalized spacial score (nSPS) is 18.4. The van der Waals surface area contributed by atoms with Crippen molar-refractivity contribution in [2.75, 3.05) is 7.11 Å². The molecule has 0 radical (unpaired) electrons. The summed E-state index contributed by atoms with van der Waals surface area (Å²) in [5.41, 5.74) is 2.23. The van der Waals surface area contributed by atoms with Crippen molar-refractivity contribution in [3.05, 3.63) is 33.4 Å². The first-order valence-electron chi connectivity index (χ1n) is 6.16. The van der Waals surface area contributed by atoms with Crippen LogP contribution in [0.4, 0.5) is 0 Å². The zero-order chi connectivity index (χ0) is 13.6. The molecular formula is C14H13Cl2NO2. The van der Waals surface area contributed by atoms with E-state index in [1.54, 1.807) is 13.2 Å². The third kappa shape index (κ3) is 1.97. The molecule has 0 spiro atoms. The molecule has 1 unspecified atom stereocenters. The fourth-order valence-corrected chi connectivity index (χ4v) is 3.02.